The Balaban J connectivity index is 2.75. The number of carbonyl (C=O) groups excluding carboxylic acids is 1. The van der Waals surface area contributed by atoms with Gasteiger partial charge >= 0.3 is 5.97 Å². The van der Waals surface area contributed by atoms with E-state index in [-0.39, 0.29) is 30.7 Å². The van der Waals surface area contributed by atoms with E-state index >= 15 is 0 Å². The molecule has 104 valence electrons. The Hall–Kier alpha value is -2.02. The van der Waals surface area contributed by atoms with Crippen LogP contribution in [0, 0.1) is 15.9 Å². The Kier molecular flexibility index (Phi) is 5.37. The van der Waals surface area contributed by atoms with Gasteiger partial charge < -0.3 is 9.84 Å². The molecule has 0 aliphatic heterocycles. The molecular formula is C12H14FNO5. The Morgan fingerprint density at radius 3 is 2.84 bits per heavy atom. The number of carbonyl (C=O) groups is 1. The number of esters is 1. The van der Waals surface area contributed by atoms with Gasteiger partial charge in [-0.15, -0.1) is 0 Å². The van der Waals surface area contributed by atoms with Crippen molar-refractivity contribution in [3.63, 3.8) is 0 Å². The molecule has 1 aromatic rings. The van der Waals surface area contributed by atoms with Gasteiger partial charge in [-0.1, -0.05) is 0 Å². The van der Waals surface area contributed by atoms with Crippen LogP contribution in [0.25, 0.3) is 0 Å². The van der Waals surface area contributed by atoms with Gasteiger partial charge in [0, 0.05) is 24.1 Å². The van der Waals surface area contributed by atoms with Crippen LogP contribution in [0.5, 0.6) is 0 Å². The molecule has 0 amide bonds. The van der Waals surface area contributed by atoms with Crippen molar-refractivity contribution in [1.29, 1.82) is 0 Å². The lowest BCUT2D eigenvalue weighted by Gasteiger charge is -2.11. The smallest absolute Gasteiger partial charge is 0.305 e. The molecule has 0 aliphatic rings. The molecule has 1 N–H and O–H groups in total. The van der Waals surface area contributed by atoms with Crippen LogP contribution in [0.15, 0.2) is 18.2 Å². The van der Waals surface area contributed by atoms with Crippen molar-refractivity contribution in [3.05, 3.63) is 39.7 Å². The average molecular weight is 271 g/mol. The third kappa shape index (κ3) is 4.29. The van der Waals surface area contributed by atoms with Gasteiger partial charge in [-0.3, -0.25) is 14.9 Å². The molecule has 0 bridgehead atoms. The molecule has 1 atom stereocenters. The number of aliphatic hydroxyl groups excluding tert-OH is 1. The molecule has 0 aromatic heterocycles. The van der Waals surface area contributed by atoms with Crippen LogP contribution in [0.2, 0.25) is 0 Å². The zero-order chi connectivity index (χ0) is 14.4. The first kappa shape index (κ1) is 15.0. The molecule has 0 heterocycles. The lowest BCUT2D eigenvalue weighted by molar-refractivity contribution is -0.385. The third-order valence-electron chi connectivity index (χ3n) is 2.48. The molecule has 0 aliphatic carbocycles. The Morgan fingerprint density at radius 2 is 2.26 bits per heavy atom. The van der Waals surface area contributed by atoms with Crippen molar-refractivity contribution in [1.82, 2.24) is 0 Å². The fourth-order valence-electron chi connectivity index (χ4n) is 1.54. The molecule has 19 heavy (non-hydrogen) atoms. The predicted octanol–water partition coefficient (Wildman–Crippen LogP) is 2.11. The largest absolute Gasteiger partial charge is 0.466 e. The Morgan fingerprint density at radius 1 is 1.58 bits per heavy atom. The van der Waals surface area contributed by atoms with Crippen molar-refractivity contribution in [2.45, 2.75) is 25.9 Å². The highest BCUT2D eigenvalue weighted by atomic mass is 19.1. The minimum Gasteiger partial charge on any atom is -0.466 e. The molecule has 1 aromatic carbocycles. The van der Waals surface area contributed by atoms with E-state index in [9.17, 15) is 24.4 Å². The van der Waals surface area contributed by atoms with Crippen LogP contribution in [0.1, 0.15) is 31.4 Å². The van der Waals surface area contributed by atoms with Gasteiger partial charge in [0.2, 0.25) is 0 Å². The van der Waals surface area contributed by atoms with E-state index in [0.717, 1.165) is 18.2 Å². The van der Waals surface area contributed by atoms with Gasteiger partial charge in [0.25, 0.3) is 5.69 Å². The van der Waals surface area contributed by atoms with Crippen LogP contribution in [0.4, 0.5) is 10.1 Å². The zero-order valence-electron chi connectivity index (χ0n) is 10.3. The minimum absolute atomic E-state index is 0.0586. The number of ether oxygens (including phenoxy) is 1. The summed E-state index contributed by atoms with van der Waals surface area (Å²) in [6.45, 7) is 1.87. The highest BCUT2D eigenvalue weighted by molar-refractivity contribution is 5.69. The minimum atomic E-state index is -1.29. The SMILES string of the molecule is CCOC(=O)CCC(O)c1cc([N+](=O)[O-])ccc1F. The summed E-state index contributed by atoms with van der Waals surface area (Å²) in [5.74, 6) is -1.26. The van der Waals surface area contributed by atoms with Gasteiger partial charge in [-0.25, -0.2) is 4.39 Å². The molecule has 0 saturated heterocycles. The number of nitro benzene ring substituents is 1. The van der Waals surface area contributed by atoms with Crippen LogP contribution < -0.4 is 0 Å². The zero-order valence-corrected chi connectivity index (χ0v) is 10.3. The van der Waals surface area contributed by atoms with E-state index in [1.54, 1.807) is 6.92 Å². The van der Waals surface area contributed by atoms with Gasteiger partial charge in [0.05, 0.1) is 17.6 Å². The monoisotopic (exact) mass is 271 g/mol. The second-order valence-corrected chi connectivity index (χ2v) is 3.82. The number of nitro groups is 1. The first-order valence-electron chi connectivity index (χ1n) is 5.73. The summed E-state index contributed by atoms with van der Waals surface area (Å²) in [7, 11) is 0. The van der Waals surface area contributed by atoms with Crippen LogP contribution in [0.3, 0.4) is 0 Å². The predicted molar refractivity (Wildman–Crippen MR) is 63.9 cm³/mol. The van der Waals surface area contributed by atoms with E-state index in [1.807, 2.05) is 0 Å². The van der Waals surface area contributed by atoms with Crippen molar-refractivity contribution < 1.29 is 24.0 Å². The fourth-order valence-corrected chi connectivity index (χ4v) is 1.54. The molecule has 1 rings (SSSR count). The maximum atomic E-state index is 13.5. The number of nitrogens with zero attached hydrogens (tertiary/aromatic N) is 1. The van der Waals surface area contributed by atoms with Gasteiger partial charge in [0.1, 0.15) is 5.82 Å². The Bertz CT molecular complexity index is 477. The summed E-state index contributed by atoms with van der Waals surface area (Å²) in [6.07, 6.45) is -1.43. The molecule has 0 saturated carbocycles. The molecular weight excluding hydrogens is 257 g/mol. The summed E-state index contributed by atoms with van der Waals surface area (Å²) in [5, 5.41) is 20.3. The van der Waals surface area contributed by atoms with Crippen molar-refractivity contribution in [3.8, 4) is 0 Å². The maximum Gasteiger partial charge on any atom is 0.305 e. The fraction of sp³-hybridized carbons (Fsp3) is 0.417. The number of non-ortho nitro benzene ring substituents is 1. The van der Waals surface area contributed by atoms with E-state index < -0.39 is 22.8 Å². The van der Waals surface area contributed by atoms with Crippen LogP contribution in [-0.2, 0) is 9.53 Å². The Labute approximate surface area is 109 Å². The standard InChI is InChI=1S/C12H14FNO5/c1-2-19-12(16)6-5-11(15)9-7-8(14(17)18)3-4-10(9)13/h3-4,7,11,15H,2,5-6H2,1H3. The van der Waals surface area contributed by atoms with E-state index in [4.69, 9.17) is 0 Å². The first-order chi connectivity index (χ1) is 8.95. The molecule has 0 spiro atoms. The lowest BCUT2D eigenvalue weighted by Crippen LogP contribution is -2.08. The number of hydrogen-bond donors (Lipinski definition) is 1. The number of benzene rings is 1. The quantitative estimate of drug-likeness (QED) is 0.486. The normalized spacial score (nSPS) is 11.9. The van der Waals surface area contributed by atoms with Gasteiger partial charge in [-0.2, -0.15) is 0 Å². The highest BCUT2D eigenvalue weighted by Gasteiger charge is 2.18. The van der Waals surface area contributed by atoms with Gasteiger partial charge in [-0.05, 0) is 19.4 Å². The number of halogens is 1. The maximum absolute atomic E-state index is 13.5. The van der Waals surface area contributed by atoms with Crippen LogP contribution >= 0.6 is 0 Å². The second-order valence-electron chi connectivity index (χ2n) is 3.82. The number of hydrogen-bond acceptors (Lipinski definition) is 5. The average Bonchev–Trinajstić information content (AvgIpc) is 2.36. The second kappa shape index (κ2) is 6.79. The molecule has 7 heteroatoms. The van der Waals surface area contributed by atoms with Gasteiger partial charge in [0.15, 0.2) is 0 Å². The third-order valence-corrected chi connectivity index (χ3v) is 2.48. The molecule has 1 unspecified atom stereocenters. The van der Waals surface area contributed by atoms with Crippen molar-refractivity contribution >= 4 is 11.7 Å². The summed E-state index contributed by atoms with van der Waals surface area (Å²) < 4.78 is 18.1. The molecule has 0 radical (unpaired) electrons. The van der Waals surface area contributed by atoms with E-state index in [2.05, 4.69) is 4.74 Å². The molecule has 6 nitrogen and oxygen atoms in total. The summed E-state index contributed by atoms with van der Waals surface area (Å²) in [5.41, 5.74) is -0.509. The van der Waals surface area contributed by atoms with E-state index in [0.29, 0.717) is 0 Å². The van der Waals surface area contributed by atoms with Crippen molar-refractivity contribution in [2.75, 3.05) is 6.61 Å². The summed E-state index contributed by atoms with van der Waals surface area (Å²) in [6, 6.07) is 2.89. The summed E-state index contributed by atoms with van der Waals surface area (Å²) >= 11 is 0. The topological polar surface area (TPSA) is 89.7 Å². The number of rotatable bonds is 6. The van der Waals surface area contributed by atoms with Crippen molar-refractivity contribution in [2.24, 2.45) is 0 Å². The highest BCUT2D eigenvalue weighted by Crippen LogP contribution is 2.25. The lowest BCUT2D eigenvalue weighted by atomic mass is 10.0. The number of aliphatic hydroxyl groups is 1. The first-order valence-corrected chi connectivity index (χ1v) is 5.73. The van der Waals surface area contributed by atoms with E-state index in [1.165, 1.54) is 0 Å². The molecule has 0 fully saturated rings. The summed E-state index contributed by atoms with van der Waals surface area (Å²) in [4.78, 5) is 21.0. The van der Waals surface area contributed by atoms with Crippen LogP contribution in [-0.4, -0.2) is 22.6 Å².